The molecule has 8 heteroatoms. The standard InChI is InChI=1S/C18H24N2O5S/c21-17(19-10-8-16(11-19)18(22)23)15-7-4-9-20(12-15)26(24,25)13-14-5-2-1-3-6-14/h1-3,5-6,15-16H,4,7-13H2,(H,22,23). The Morgan fingerprint density at radius 2 is 1.77 bits per heavy atom. The molecule has 2 aliphatic rings. The summed E-state index contributed by atoms with van der Waals surface area (Å²) in [6.07, 6.45) is 1.74. The highest BCUT2D eigenvalue weighted by Gasteiger charge is 2.37. The van der Waals surface area contributed by atoms with E-state index in [2.05, 4.69) is 0 Å². The summed E-state index contributed by atoms with van der Waals surface area (Å²) in [5.41, 5.74) is 0.727. The van der Waals surface area contributed by atoms with Crippen LogP contribution in [0.4, 0.5) is 0 Å². The number of benzene rings is 1. The molecule has 0 spiro atoms. The van der Waals surface area contributed by atoms with E-state index in [9.17, 15) is 18.0 Å². The van der Waals surface area contributed by atoms with Crippen LogP contribution in [0, 0.1) is 11.8 Å². The molecule has 0 bridgehead atoms. The molecule has 2 unspecified atom stereocenters. The summed E-state index contributed by atoms with van der Waals surface area (Å²) in [6, 6.07) is 9.01. The van der Waals surface area contributed by atoms with Crippen molar-refractivity contribution in [2.45, 2.75) is 25.0 Å². The SMILES string of the molecule is O=C(O)C1CCN(C(=O)C2CCCN(S(=O)(=O)Cc3ccccc3)C2)C1. The minimum absolute atomic E-state index is 0.0699. The number of hydrogen-bond donors (Lipinski definition) is 1. The normalized spacial score (nSPS) is 24.5. The Kier molecular flexibility index (Phi) is 5.62. The number of carboxylic acids is 1. The van der Waals surface area contributed by atoms with Gasteiger partial charge in [-0.05, 0) is 24.8 Å². The maximum absolute atomic E-state index is 12.7. The number of sulfonamides is 1. The van der Waals surface area contributed by atoms with E-state index in [1.54, 1.807) is 29.2 Å². The molecule has 0 aliphatic carbocycles. The average Bonchev–Trinajstić information content (AvgIpc) is 3.12. The first-order valence-corrected chi connectivity index (χ1v) is 10.5. The fourth-order valence-corrected chi connectivity index (χ4v) is 5.30. The molecule has 0 aromatic heterocycles. The van der Waals surface area contributed by atoms with Crippen LogP contribution < -0.4 is 0 Å². The van der Waals surface area contributed by atoms with Crippen molar-refractivity contribution < 1.29 is 23.1 Å². The third-order valence-corrected chi connectivity index (χ3v) is 6.98. The number of rotatable bonds is 5. The number of carbonyl (C=O) groups excluding carboxylic acids is 1. The van der Waals surface area contributed by atoms with Gasteiger partial charge < -0.3 is 10.0 Å². The lowest BCUT2D eigenvalue weighted by atomic mass is 9.98. The maximum atomic E-state index is 12.7. The van der Waals surface area contributed by atoms with Crippen LogP contribution in [-0.4, -0.2) is 60.8 Å². The number of piperidine rings is 1. The largest absolute Gasteiger partial charge is 0.481 e. The van der Waals surface area contributed by atoms with Crippen molar-refractivity contribution >= 4 is 21.9 Å². The van der Waals surface area contributed by atoms with Crippen molar-refractivity contribution in [1.82, 2.24) is 9.21 Å². The van der Waals surface area contributed by atoms with Gasteiger partial charge in [-0.25, -0.2) is 12.7 Å². The van der Waals surface area contributed by atoms with Gasteiger partial charge in [0.25, 0.3) is 0 Å². The fourth-order valence-electron chi connectivity index (χ4n) is 3.69. The summed E-state index contributed by atoms with van der Waals surface area (Å²) < 4.78 is 26.8. The van der Waals surface area contributed by atoms with E-state index in [1.807, 2.05) is 6.07 Å². The second-order valence-electron chi connectivity index (χ2n) is 7.05. The highest BCUT2D eigenvalue weighted by atomic mass is 32.2. The number of amides is 1. The highest BCUT2D eigenvalue weighted by Crippen LogP contribution is 2.26. The van der Waals surface area contributed by atoms with Gasteiger partial charge in [0.1, 0.15) is 0 Å². The minimum Gasteiger partial charge on any atom is -0.481 e. The molecule has 2 fully saturated rings. The molecule has 0 radical (unpaired) electrons. The lowest BCUT2D eigenvalue weighted by Gasteiger charge is -2.33. The Bertz CT molecular complexity index is 765. The summed E-state index contributed by atoms with van der Waals surface area (Å²) in [5, 5.41) is 9.09. The molecule has 2 heterocycles. The molecule has 2 atom stereocenters. The van der Waals surface area contributed by atoms with Crippen LogP contribution in [-0.2, 0) is 25.4 Å². The maximum Gasteiger partial charge on any atom is 0.308 e. The third-order valence-electron chi connectivity index (χ3n) is 5.17. The van der Waals surface area contributed by atoms with E-state index < -0.39 is 21.9 Å². The average molecular weight is 380 g/mol. The zero-order chi connectivity index (χ0) is 18.7. The van der Waals surface area contributed by atoms with E-state index in [0.29, 0.717) is 32.4 Å². The fraction of sp³-hybridized carbons (Fsp3) is 0.556. The van der Waals surface area contributed by atoms with E-state index in [4.69, 9.17) is 5.11 Å². The van der Waals surface area contributed by atoms with Gasteiger partial charge >= 0.3 is 5.97 Å². The van der Waals surface area contributed by atoms with Gasteiger partial charge in [-0.15, -0.1) is 0 Å². The Morgan fingerprint density at radius 3 is 2.42 bits per heavy atom. The summed E-state index contributed by atoms with van der Waals surface area (Å²) in [5.74, 6) is -1.97. The Balaban J connectivity index is 1.63. The van der Waals surface area contributed by atoms with Gasteiger partial charge in [0.15, 0.2) is 0 Å². The van der Waals surface area contributed by atoms with Crippen LogP contribution in [0.15, 0.2) is 30.3 Å². The van der Waals surface area contributed by atoms with E-state index in [-0.39, 0.29) is 30.7 Å². The summed E-state index contributed by atoms with van der Waals surface area (Å²) in [4.78, 5) is 25.4. The number of nitrogens with zero attached hydrogens (tertiary/aromatic N) is 2. The van der Waals surface area contributed by atoms with E-state index in [1.165, 1.54) is 4.31 Å². The van der Waals surface area contributed by atoms with Crippen molar-refractivity contribution in [3.63, 3.8) is 0 Å². The molecular weight excluding hydrogens is 356 g/mol. The molecular formula is C18H24N2O5S. The summed E-state index contributed by atoms with van der Waals surface area (Å²) in [6.45, 7) is 1.27. The smallest absolute Gasteiger partial charge is 0.308 e. The second-order valence-corrected chi connectivity index (χ2v) is 9.02. The number of carbonyl (C=O) groups is 2. The monoisotopic (exact) mass is 380 g/mol. The Hall–Kier alpha value is -1.93. The first kappa shape index (κ1) is 18.8. The predicted molar refractivity (Wildman–Crippen MR) is 95.7 cm³/mol. The van der Waals surface area contributed by atoms with Gasteiger partial charge in [-0.2, -0.15) is 0 Å². The third kappa shape index (κ3) is 4.24. The molecule has 3 rings (SSSR count). The lowest BCUT2D eigenvalue weighted by Crippen LogP contribution is -2.46. The van der Waals surface area contributed by atoms with Gasteiger partial charge in [-0.3, -0.25) is 9.59 Å². The van der Waals surface area contributed by atoms with Crippen LogP contribution in [0.3, 0.4) is 0 Å². The van der Waals surface area contributed by atoms with Crippen LogP contribution in [0.25, 0.3) is 0 Å². The van der Waals surface area contributed by atoms with Crippen molar-refractivity contribution in [3.8, 4) is 0 Å². The molecule has 26 heavy (non-hydrogen) atoms. The molecule has 142 valence electrons. The number of aliphatic carboxylic acids is 1. The van der Waals surface area contributed by atoms with Crippen LogP contribution >= 0.6 is 0 Å². The molecule has 2 aliphatic heterocycles. The zero-order valence-electron chi connectivity index (χ0n) is 14.6. The molecule has 0 saturated carbocycles. The van der Waals surface area contributed by atoms with Gasteiger partial charge in [0.2, 0.25) is 15.9 Å². The molecule has 1 aromatic rings. The van der Waals surface area contributed by atoms with Crippen molar-refractivity contribution in [2.24, 2.45) is 11.8 Å². The number of hydrogen-bond acceptors (Lipinski definition) is 4. The van der Waals surface area contributed by atoms with E-state index in [0.717, 1.165) is 5.56 Å². The molecule has 1 N–H and O–H groups in total. The zero-order valence-corrected chi connectivity index (χ0v) is 15.4. The summed E-state index contributed by atoms with van der Waals surface area (Å²) in [7, 11) is -3.48. The minimum atomic E-state index is -3.48. The second kappa shape index (κ2) is 7.75. The van der Waals surface area contributed by atoms with Crippen molar-refractivity contribution in [3.05, 3.63) is 35.9 Å². The number of likely N-dealkylation sites (tertiary alicyclic amines) is 1. The molecule has 1 aromatic carbocycles. The Labute approximate surface area is 153 Å². The van der Waals surface area contributed by atoms with Crippen LogP contribution in [0.1, 0.15) is 24.8 Å². The van der Waals surface area contributed by atoms with Crippen molar-refractivity contribution in [2.75, 3.05) is 26.2 Å². The Morgan fingerprint density at radius 1 is 1.04 bits per heavy atom. The number of carboxylic acid groups (broad SMARTS) is 1. The molecule has 1 amide bonds. The topological polar surface area (TPSA) is 95.0 Å². The van der Waals surface area contributed by atoms with Crippen LogP contribution in [0.5, 0.6) is 0 Å². The summed E-state index contributed by atoms with van der Waals surface area (Å²) >= 11 is 0. The van der Waals surface area contributed by atoms with E-state index >= 15 is 0 Å². The van der Waals surface area contributed by atoms with Crippen LogP contribution in [0.2, 0.25) is 0 Å². The van der Waals surface area contributed by atoms with Gasteiger partial charge in [-0.1, -0.05) is 30.3 Å². The predicted octanol–water partition coefficient (Wildman–Crippen LogP) is 1.16. The quantitative estimate of drug-likeness (QED) is 0.827. The molecule has 7 nitrogen and oxygen atoms in total. The highest BCUT2D eigenvalue weighted by molar-refractivity contribution is 7.88. The molecule has 2 saturated heterocycles. The first-order chi connectivity index (χ1) is 12.4. The first-order valence-electron chi connectivity index (χ1n) is 8.90. The lowest BCUT2D eigenvalue weighted by molar-refractivity contribution is -0.141. The van der Waals surface area contributed by atoms with Gasteiger partial charge in [0, 0.05) is 26.2 Å². The van der Waals surface area contributed by atoms with Crippen molar-refractivity contribution in [1.29, 1.82) is 0 Å². The van der Waals surface area contributed by atoms with Gasteiger partial charge in [0.05, 0.1) is 17.6 Å².